The highest BCUT2D eigenvalue weighted by molar-refractivity contribution is 4.96. The van der Waals surface area contributed by atoms with Gasteiger partial charge in [-0.1, -0.05) is 6.92 Å². The Morgan fingerprint density at radius 3 is 2.40 bits per heavy atom. The van der Waals surface area contributed by atoms with Gasteiger partial charge in [0.05, 0.1) is 0 Å². The van der Waals surface area contributed by atoms with Crippen LogP contribution in [0.25, 0.3) is 0 Å². The van der Waals surface area contributed by atoms with Crippen LogP contribution in [0.1, 0.15) is 20.3 Å². The summed E-state index contributed by atoms with van der Waals surface area (Å²) in [4.78, 5) is 2.45. The van der Waals surface area contributed by atoms with Gasteiger partial charge in [0.2, 0.25) is 0 Å². The molecule has 0 unspecified atom stereocenters. The Kier molecular flexibility index (Phi) is 2.32. The van der Waals surface area contributed by atoms with Gasteiger partial charge in [0.25, 0.3) is 0 Å². The molecule has 1 heterocycles. The first kappa shape index (κ1) is 8.02. The predicted molar refractivity (Wildman–Crippen MR) is 44.2 cm³/mol. The molecular formula is C8H18N2. The minimum atomic E-state index is 0.454. The maximum Gasteiger partial charge on any atom is 0.0426 e. The Morgan fingerprint density at radius 2 is 2.10 bits per heavy atom. The van der Waals surface area contributed by atoms with E-state index in [4.69, 9.17) is 0 Å². The Labute approximate surface area is 63.6 Å². The molecule has 0 radical (unpaired) electrons. The van der Waals surface area contributed by atoms with Gasteiger partial charge in [-0.3, -0.25) is 4.90 Å². The first-order valence-corrected chi connectivity index (χ1v) is 4.11. The second kappa shape index (κ2) is 2.89. The van der Waals surface area contributed by atoms with Gasteiger partial charge in [-0.25, -0.2) is 0 Å². The normalized spacial score (nSPS) is 22.8. The van der Waals surface area contributed by atoms with Crippen LogP contribution in [-0.2, 0) is 0 Å². The van der Waals surface area contributed by atoms with Gasteiger partial charge in [0.15, 0.2) is 0 Å². The van der Waals surface area contributed by atoms with Gasteiger partial charge in [0.1, 0.15) is 0 Å². The summed E-state index contributed by atoms with van der Waals surface area (Å²) in [5.74, 6) is 0. The van der Waals surface area contributed by atoms with Crippen LogP contribution in [0.2, 0.25) is 0 Å². The van der Waals surface area contributed by atoms with Crippen molar-refractivity contribution in [3.8, 4) is 0 Å². The van der Waals surface area contributed by atoms with Crippen molar-refractivity contribution in [1.29, 1.82) is 0 Å². The Hall–Kier alpha value is -0.0800. The minimum Gasteiger partial charge on any atom is -0.313 e. The highest BCUT2D eigenvalue weighted by atomic mass is 15.3. The van der Waals surface area contributed by atoms with Crippen LogP contribution in [-0.4, -0.2) is 37.1 Å². The van der Waals surface area contributed by atoms with Gasteiger partial charge in [-0.05, 0) is 26.9 Å². The molecule has 0 bridgehead atoms. The standard InChI is InChI=1S/C8H18N2/c1-4-5-10(3)8(2)6-9-7-8/h9H,4-7H2,1-3H3. The molecule has 1 N–H and O–H groups in total. The van der Waals surface area contributed by atoms with Crippen molar-refractivity contribution in [2.24, 2.45) is 0 Å². The molecule has 0 aliphatic carbocycles. The molecule has 1 saturated heterocycles. The summed E-state index contributed by atoms with van der Waals surface area (Å²) < 4.78 is 0. The fourth-order valence-corrected chi connectivity index (χ4v) is 1.36. The summed E-state index contributed by atoms with van der Waals surface area (Å²) in [5, 5.41) is 3.30. The van der Waals surface area contributed by atoms with Crippen molar-refractivity contribution in [1.82, 2.24) is 10.2 Å². The molecule has 0 atom stereocenters. The van der Waals surface area contributed by atoms with E-state index in [2.05, 4.69) is 31.1 Å². The Balaban J connectivity index is 2.31. The van der Waals surface area contributed by atoms with Crippen molar-refractivity contribution in [3.63, 3.8) is 0 Å². The number of rotatable bonds is 3. The summed E-state index contributed by atoms with van der Waals surface area (Å²) in [6.45, 7) is 8.08. The van der Waals surface area contributed by atoms with E-state index in [0.29, 0.717) is 5.54 Å². The zero-order valence-corrected chi connectivity index (χ0v) is 7.28. The Bertz CT molecular complexity index is 108. The molecule has 1 aliphatic rings. The summed E-state index contributed by atoms with van der Waals surface area (Å²) >= 11 is 0. The lowest BCUT2D eigenvalue weighted by Gasteiger charge is -2.46. The molecule has 0 saturated carbocycles. The molecule has 2 heteroatoms. The smallest absolute Gasteiger partial charge is 0.0426 e. The van der Waals surface area contributed by atoms with E-state index < -0.39 is 0 Å². The van der Waals surface area contributed by atoms with Crippen LogP contribution in [0.5, 0.6) is 0 Å². The van der Waals surface area contributed by atoms with Crippen LogP contribution >= 0.6 is 0 Å². The third kappa shape index (κ3) is 1.32. The highest BCUT2D eigenvalue weighted by Crippen LogP contribution is 2.17. The molecule has 2 nitrogen and oxygen atoms in total. The molecule has 0 aromatic rings. The van der Waals surface area contributed by atoms with Gasteiger partial charge in [0, 0.05) is 18.6 Å². The van der Waals surface area contributed by atoms with E-state index in [1.807, 2.05) is 0 Å². The van der Waals surface area contributed by atoms with E-state index in [1.165, 1.54) is 13.0 Å². The van der Waals surface area contributed by atoms with Crippen LogP contribution in [0.15, 0.2) is 0 Å². The molecule has 1 fully saturated rings. The van der Waals surface area contributed by atoms with Gasteiger partial charge in [-0.2, -0.15) is 0 Å². The summed E-state index contributed by atoms with van der Waals surface area (Å²) in [5.41, 5.74) is 0.454. The van der Waals surface area contributed by atoms with Crippen molar-refractivity contribution in [3.05, 3.63) is 0 Å². The third-order valence-electron chi connectivity index (χ3n) is 2.49. The molecule has 0 spiro atoms. The van der Waals surface area contributed by atoms with E-state index in [0.717, 1.165) is 13.1 Å². The molecule has 0 aromatic heterocycles. The Morgan fingerprint density at radius 1 is 1.50 bits per heavy atom. The molecule has 60 valence electrons. The minimum absolute atomic E-state index is 0.454. The van der Waals surface area contributed by atoms with Crippen molar-refractivity contribution >= 4 is 0 Å². The number of nitrogens with zero attached hydrogens (tertiary/aromatic N) is 1. The largest absolute Gasteiger partial charge is 0.313 e. The predicted octanol–water partition coefficient (Wildman–Crippen LogP) is 0.690. The average molecular weight is 142 g/mol. The number of hydrogen-bond acceptors (Lipinski definition) is 2. The maximum atomic E-state index is 3.30. The van der Waals surface area contributed by atoms with Crippen molar-refractivity contribution < 1.29 is 0 Å². The number of likely N-dealkylation sites (N-methyl/N-ethyl adjacent to an activating group) is 1. The molecule has 0 aromatic carbocycles. The zero-order valence-electron chi connectivity index (χ0n) is 7.28. The lowest BCUT2D eigenvalue weighted by atomic mass is 9.93. The maximum absolute atomic E-state index is 3.30. The molecule has 0 amide bonds. The summed E-state index contributed by atoms with van der Waals surface area (Å²) in [6, 6.07) is 0. The van der Waals surface area contributed by atoms with Gasteiger partial charge < -0.3 is 5.32 Å². The fraction of sp³-hybridized carbons (Fsp3) is 1.00. The highest BCUT2D eigenvalue weighted by Gasteiger charge is 2.34. The molecule has 1 aliphatic heterocycles. The number of nitrogens with one attached hydrogen (secondary N) is 1. The monoisotopic (exact) mass is 142 g/mol. The van der Waals surface area contributed by atoms with Crippen LogP contribution in [0.4, 0.5) is 0 Å². The van der Waals surface area contributed by atoms with E-state index in [9.17, 15) is 0 Å². The van der Waals surface area contributed by atoms with E-state index in [1.54, 1.807) is 0 Å². The van der Waals surface area contributed by atoms with Crippen LogP contribution in [0, 0.1) is 0 Å². The van der Waals surface area contributed by atoms with Crippen molar-refractivity contribution in [2.45, 2.75) is 25.8 Å². The lowest BCUT2D eigenvalue weighted by molar-refractivity contribution is 0.0795. The quantitative estimate of drug-likeness (QED) is 0.623. The first-order valence-electron chi connectivity index (χ1n) is 4.11. The van der Waals surface area contributed by atoms with Crippen LogP contribution < -0.4 is 5.32 Å². The molecular weight excluding hydrogens is 124 g/mol. The SMILES string of the molecule is CCCN(C)C1(C)CNC1. The number of hydrogen-bond donors (Lipinski definition) is 1. The van der Waals surface area contributed by atoms with Gasteiger partial charge >= 0.3 is 0 Å². The first-order chi connectivity index (χ1) is 4.69. The van der Waals surface area contributed by atoms with Gasteiger partial charge in [-0.15, -0.1) is 0 Å². The third-order valence-corrected chi connectivity index (χ3v) is 2.49. The zero-order chi connectivity index (χ0) is 7.61. The summed E-state index contributed by atoms with van der Waals surface area (Å²) in [6.07, 6.45) is 1.26. The fourth-order valence-electron chi connectivity index (χ4n) is 1.36. The topological polar surface area (TPSA) is 15.3 Å². The molecule has 10 heavy (non-hydrogen) atoms. The second-order valence-corrected chi connectivity index (χ2v) is 3.52. The van der Waals surface area contributed by atoms with Crippen LogP contribution in [0.3, 0.4) is 0 Å². The van der Waals surface area contributed by atoms with E-state index >= 15 is 0 Å². The van der Waals surface area contributed by atoms with E-state index in [-0.39, 0.29) is 0 Å². The lowest BCUT2D eigenvalue weighted by Crippen LogP contribution is -2.66. The second-order valence-electron chi connectivity index (χ2n) is 3.52. The molecule has 1 rings (SSSR count). The average Bonchev–Trinajstić information content (AvgIpc) is 1.83. The summed E-state index contributed by atoms with van der Waals surface area (Å²) in [7, 11) is 2.21. The van der Waals surface area contributed by atoms with Crippen molar-refractivity contribution in [2.75, 3.05) is 26.7 Å².